The van der Waals surface area contributed by atoms with Crippen LogP contribution in [0.25, 0.3) is 0 Å². The SMILES string of the molecule is CC(C)(C)OC(=O)NCC1CCN(S(=O)(=O)c2ccc(B3OC(C)(C)C(C)(C)O3)s2)C1. The van der Waals surface area contributed by atoms with Crippen LogP contribution in [0.1, 0.15) is 54.9 Å². The maximum Gasteiger partial charge on any atom is 0.505 e. The van der Waals surface area contributed by atoms with E-state index < -0.39 is 40.0 Å². The smallest absolute Gasteiger partial charge is 0.444 e. The van der Waals surface area contributed by atoms with Crippen LogP contribution in [0, 0.1) is 5.92 Å². The molecule has 1 atom stereocenters. The number of amides is 1. The van der Waals surface area contributed by atoms with Gasteiger partial charge in [0.2, 0.25) is 0 Å². The molecule has 0 bridgehead atoms. The number of rotatable bonds is 5. The molecule has 0 spiro atoms. The third-order valence-electron chi connectivity index (χ3n) is 5.86. The molecule has 1 amide bonds. The van der Waals surface area contributed by atoms with Crippen LogP contribution in [-0.2, 0) is 24.1 Å². The van der Waals surface area contributed by atoms with Gasteiger partial charge in [0.25, 0.3) is 10.0 Å². The lowest BCUT2D eigenvalue weighted by Gasteiger charge is -2.32. The molecule has 31 heavy (non-hydrogen) atoms. The molecule has 3 rings (SSSR count). The summed E-state index contributed by atoms with van der Waals surface area (Å²) in [6.07, 6.45) is 0.198. The van der Waals surface area contributed by atoms with Gasteiger partial charge < -0.3 is 19.4 Å². The topological polar surface area (TPSA) is 94.2 Å². The van der Waals surface area contributed by atoms with Gasteiger partial charge >= 0.3 is 13.2 Å². The van der Waals surface area contributed by atoms with Gasteiger partial charge in [-0.3, -0.25) is 0 Å². The number of alkyl carbamates (subject to hydrolysis) is 1. The molecular weight excluding hydrogens is 439 g/mol. The first-order valence-corrected chi connectivity index (χ1v) is 12.8. The molecule has 0 aliphatic carbocycles. The Bertz CT molecular complexity index is 906. The quantitative estimate of drug-likeness (QED) is 0.663. The fraction of sp³-hybridized carbons (Fsp3) is 0.750. The molecule has 0 radical (unpaired) electrons. The van der Waals surface area contributed by atoms with Crippen LogP contribution >= 0.6 is 11.3 Å². The Morgan fingerprint density at radius 3 is 2.45 bits per heavy atom. The van der Waals surface area contributed by atoms with Crippen LogP contribution in [0.3, 0.4) is 0 Å². The lowest BCUT2D eigenvalue weighted by Crippen LogP contribution is -2.41. The summed E-state index contributed by atoms with van der Waals surface area (Å²) in [5.74, 6) is 0.0461. The first-order valence-electron chi connectivity index (χ1n) is 10.5. The number of carbonyl (C=O) groups is 1. The number of hydrogen-bond acceptors (Lipinski definition) is 7. The third-order valence-corrected chi connectivity index (χ3v) is 9.30. The van der Waals surface area contributed by atoms with Crippen LogP contribution in [0.2, 0.25) is 0 Å². The second kappa shape index (κ2) is 8.33. The van der Waals surface area contributed by atoms with Crippen molar-refractivity contribution in [2.24, 2.45) is 5.92 Å². The summed E-state index contributed by atoms with van der Waals surface area (Å²) in [6.45, 7) is 14.4. The van der Waals surface area contributed by atoms with E-state index in [1.165, 1.54) is 15.6 Å². The summed E-state index contributed by atoms with van der Waals surface area (Å²) in [5.41, 5.74) is -1.53. The molecule has 0 saturated carbocycles. The molecule has 2 fully saturated rings. The zero-order chi connectivity index (χ0) is 23.2. The number of nitrogens with one attached hydrogen (secondary N) is 1. The van der Waals surface area contributed by atoms with E-state index >= 15 is 0 Å². The Labute approximate surface area is 189 Å². The lowest BCUT2D eigenvalue weighted by atomic mass is 9.88. The normalized spacial score (nSPS) is 23.8. The van der Waals surface area contributed by atoms with Gasteiger partial charge in [0.15, 0.2) is 0 Å². The zero-order valence-electron chi connectivity index (χ0n) is 19.4. The first kappa shape index (κ1) is 24.5. The van der Waals surface area contributed by atoms with Gasteiger partial charge in [0.1, 0.15) is 9.81 Å². The van der Waals surface area contributed by atoms with Gasteiger partial charge in [-0.15, -0.1) is 11.3 Å². The monoisotopic (exact) mass is 472 g/mol. The average molecular weight is 472 g/mol. The van der Waals surface area contributed by atoms with Gasteiger partial charge in [0, 0.05) is 24.4 Å². The highest BCUT2D eigenvalue weighted by Gasteiger charge is 2.52. The van der Waals surface area contributed by atoms with Gasteiger partial charge in [-0.1, -0.05) is 6.07 Å². The molecule has 1 aromatic heterocycles. The standard InChI is InChI=1S/C20H33BN2O6S2/c1-18(2,3)27-17(24)22-12-14-10-11-23(13-14)31(25,26)16-9-8-15(30-16)21-28-19(4,5)20(6,7)29-21/h8-9,14H,10-13H2,1-7H3,(H,22,24). The van der Waals surface area contributed by atoms with E-state index in [2.05, 4.69) is 5.32 Å². The summed E-state index contributed by atoms with van der Waals surface area (Å²) in [6, 6.07) is 3.38. The minimum Gasteiger partial charge on any atom is -0.444 e. The number of carbonyl (C=O) groups excluding carboxylic acids is 1. The van der Waals surface area contributed by atoms with Crippen molar-refractivity contribution in [3.05, 3.63) is 12.1 Å². The summed E-state index contributed by atoms with van der Waals surface area (Å²) in [7, 11) is -4.19. The minimum atomic E-state index is -3.61. The molecule has 2 aliphatic rings. The van der Waals surface area contributed by atoms with Crippen molar-refractivity contribution in [1.29, 1.82) is 0 Å². The van der Waals surface area contributed by atoms with Crippen molar-refractivity contribution in [1.82, 2.24) is 9.62 Å². The van der Waals surface area contributed by atoms with E-state index in [9.17, 15) is 13.2 Å². The molecule has 3 heterocycles. The van der Waals surface area contributed by atoms with Crippen LogP contribution < -0.4 is 10.1 Å². The highest BCUT2D eigenvalue weighted by atomic mass is 32.2. The van der Waals surface area contributed by atoms with E-state index in [1.54, 1.807) is 32.9 Å². The summed E-state index contributed by atoms with van der Waals surface area (Å²) in [5, 5.41) is 2.74. The summed E-state index contributed by atoms with van der Waals surface area (Å²) >= 11 is 1.18. The Morgan fingerprint density at radius 2 is 1.87 bits per heavy atom. The maximum absolute atomic E-state index is 13.1. The Morgan fingerprint density at radius 1 is 1.26 bits per heavy atom. The summed E-state index contributed by atoms with van der Waals surface area (Å²) in [4.78, 5) is 11.8. The number of ether oxygens (including phenoxy) is 1. The van der Waals surface area contributed by atoms with Gasteiger partial charge in [-0.25, -0.2) is 13.2 Å². The van der Waals surface area contributed by atoms with Gasteiger partial charge in [0.05, 0.1) is 11.2 Å². The van der Waals surface area contributed by atoms with Crippen molar-refractivity contribution in [2.45, 2.75) is 75.9 Å². The van der Waals surface area contributed by atoms with Gasteiger partial charge in [-0.05, 0) is 66.9 Å². The molecule has 1 N–H and O–H groups in total. The van der Waals surface area contributed by atoms with Crippen LogP contribution in [0.15, 0.2) is 16.3 Å². The largest absolute Gasteiger partial charge is 0.505 e. The highest BCUT2D eigenvalue weighted by Crippen LogP contribution is 2.37. The van der Waals surface area contributed by atoms with Crippen molar-refractivity contribution in [3.63, 3.8) is 0 Å². The predicted molar refractivity (Wildman–Crippen MR) is 121 cm³/mol. The molecule has 2 saturated heterocycles. The average Bonchev–Trinajstić information content (AvgIpc) is 3.31. The van der Waals surface area contributed by atoms with Crippen LogP contribution in [0.5, 0.6) is 0 Å². The molecule has 11 heteroatoms. The van der Waals surface area contributed by atoms with Crippen LogP contribution in [0.4, 0.5) is 4.79 Å². The second-order valence-corrected chi connectivity index (χ2v) is 13.4. The second-order valence-electron chi connectivity index (χ2n) is 10.1. The van der Waals surface area contributed by atoms with Crippen molar-refractivity contribution in [3.8, 4) is 0 Å². The highest BCUT2D eigenvalue weighted by molar-refractivity contribution is 7.91. The first-order chi connectivity index (χ1) is 14.1. The lowest BCUT2D eigenvalue weighted by molar-refractivity contribution is 0.00578. The Hall–Kier alpha value is -1.14. The van der Waals surface area contributed by atoms with E-state index in [1.807, 2.05) is 27.7 Å². The van der Waals surface area contributed by atoms with Crippen molar-refractivity contribution in [2.75, 3.05) is 19.6 Å². The molecule has 8 nitrogen and oxygen atoms in total. The molecular formula is C20H33BN2O6S2. The van der Waals surface area contributed by atoms with E-state index in [-0.39, 0.29) is 10.1 Å². The molecule has 1 aromatic rings. The zero-order valence-corrected chi connectivity index (χ0v) is 21.0. The molecule has 174 valence electrons. The van der Waals surface area contributed by atoms with E-state index in [4.69, 9.17) is 14.0 Å². The van der Waals surface area contributed by atoms with Crippen molar-refractivity contribution < 1.29 is 27.3 Å². The molecule has 2 aliphatic heterocycles. The predicted octanol–water partition coefficient (Wildman–Crippen LogP) is 2.58. The molecule has 0 aromatic carbocycles. The number of thiophene rings is 1. The van der Waals surface area contributed by atoms with Gasteiger partial charge in [-0.2, -0.15) is 4.31 Å². The number of hydrogen-bond donors (Lipinski definition) is 1. The fourth-order valence-electron chi connectivity index (χ4n) is 3.41. The van der Waals surface area contributed by atoms with E-state index in [0.29, 0.717) is 26.1 Å². The van der Waals surface area contributed by atoms with Crippen LogP contribution in [-0.4, -0.2) is 62.4 Å². The third kappa shape index (κ3) is 5.44. The maximum atomic E-state index is 13.1. The Kier molecular flexibility index (Phi) is 6.59. The molecule has 1 unspecified atom stereocenters. The fourth-order valence-corrected chi connectivity index (χ4v) is 6.38. The summed E-state index contributed by atoms with van der Waals surface area (Å²) < 4.78 is 46.1. The Balaban J connectivity index is 1.60. The van der Waals surface area contributed by atoms with E-state index in [0.717, 1.165) is 4.78 Å². The minimum absolute atomic E-state index is 0.0461. The number of nitrogens with zero attached hydrogens (tertiary/aromatic N) is 1. The van der Waals surface area contributed by atoms with Crippen molar-refractivity contribution >= 4 is 39.3 Å². The number of sulfonamides is 1.